The van der Waals surface area contributed by atoms with Crippen LogP contribution in [0, 0.1) is 5.92 Å². The van der Waals surface area contributed by atoms with Gasteiger partial charge >= 0.3 is 0 Å². The molecular formula is C39H51N3O6S. The second-order valence-corrected chi connectivity index (χ2v) is 16.6. The predicted octanol–water partition coefficient (Wildman–Crippen LogP) is 6.14. The SMILES string of the molecule is CC(C)(C)NC(=O)C1CCC2CCCCC2N1CC1CC(c2ccc(CO)cc2)OC(c2ccc(CNS(=O)(=O)c3ccccc3)cc2)O1. The molecule has 3 N–H and O–H groups in total. The van der Waals surface area contributed by atoms with Crippen molar-refractivity contribution in [2.45, 2.75) is 120 Å². The Morgan fingerprint density at radius 3 is 2.22 bits per heavy atom. The number of nitrogens with one attached hydrogen (secondary N) is 2. The molecular weight excluding hydrogens is 639 g/mol. The van der Waals surface area contributed by atoms with Gasteiger partial charge in [-0.05, 0) is 81.2 Å². The molecule has 2 saturated heterocycles. The summed E-state index contributed by atoms with van der Waals surface area (Å²) >= 11 is 0. The van der Waals surface area contributed by atoms with Gasteiger partial charge in [0.05, 0.1) is 29.8 Å². The third kappa shape index (κ3) is 8.98. The van der Waals surface area contributed by atoms with Gasteiger partial charge in [0.15, 0.2) is 6.29 Å². The molecule has 3 fully saturated rings. The van der Waals surface area contributed by atoms with Gasteiger partial charge in [0.1, 0.15) is 0 Å². The van der Waals surface area contributed by atoms with E-state index in [4.69, 9.17) is 9.47 Å². The molecule has 6 unspecified atom stereocenters. The van der Waals surface area contributed by atoms with Crippen molar-refractivity contribution in [1.29, 1.82) is 0 Å². The number of piperidine rings is 1. The van der Waals surface area contributed by atoms with Crippen LogP contribution >= 0.6 is 0 Å². The van der Waals surface area contributed by atoms with E-state index in [-0.39, 0.29) is 47.7 Å². The molecule has 0 aromatic heterocycles. The first-order chi connectivity index (χ1) is 23.5. The van der Waals surface area contributed by atoms with Gasteiger partial charge in [-0.2, -0.15) is 0 Å². The summed E-state index contributed by atoms with van der Waals surface area (Å²) in [5.74, 6) is 0.687. The molecule has 3 aromatic rings. The number of benzene rings is 3. The molecule has 1 amide bonds. The van der Waals surface area contributed by atoms with E-state index in [1.54, 1.807) is 30.3 Å². The molecule has 1 aliphatic carbocycles. The Labute approximate surface area is 291 Å². The molecule has 0 bridgehead atoms. The van der Waals surface area contributed by atoms with Crippen molar-refractivity contribution in [3.63, 3.8) is 0 Å². The molecule has 1 saturated carbocycles. The number of hydrogen-bond acceptors (Lipinski definition) is 7. The summed E-state index contributed by atoms with van der Waals surface area (Å²) in [7, 11) is -3.63. The monoisotopic (exact) mass is 689 g/mol. The first kappa shape index (κ1) is 35.7. The quantitative estimate of drug-likeness (QED) is 0.234. The Balaban J connectivity index is 1.22. The predicted molar refractivity (Wildman–Crippen MR) is 189 cm³/mol. The van der Waals surface area contributed by atoms with Gasteiger partial charge in [-0.15, -0.1) is 0 Å². The molecule has 0 spiro atoms. The van der Waals surface area contributed by atoms with Crippen LogP contribution in [0.25, 0.3) is 0 Å². The lowest BCUT2D eigenvalue weighted by atomic mass is 9.75. The van der Waals surface area contributed by atoms with E-state index in [0.717, 1.165) is 41.5 Å². The van der Waals surface area contributed by atoms with Gasteiger partial charge in [0, 0.05) is 36.7 Å². The van der Waals surface area contributed by atoms with Crippen molar-refractivity contribution < 1.29 is 27.8 Å². The van der Waals surface area contributed by atoms with Crippen molar-refractivity contribution >= 4 is 15.9 Å². The minimum absolute atomic E-state index is 0.0243. The van der Waals surface area contributed by atoms with Gasteiger partial charge in [0.25, 0.3) is 0 Å². The molecule has 0 radical (unpaired) electrons. The van der Waals surface area contributed by atoms with Gasteiger partial charge in [-0.25, -0.2) is 13.1 Å². The van der Waals surface area contributed by atoms with Crippen molar-refractivity contribution in [1.82, 2.24) is 14.9 Å². The Hall–Kier alpha value is -3.12. The van der Waals surface area contributed by atoms with E-state index in [1.165, 1.54) is 19.3 Å². The number of carbonyl (C=O) groups excluding carboxylic acids is 1. The van der Waals surface area contributed by atoms with E-state index < -0.39 is 16.3 Å². The summed E-state index contributed by atoms with van der Waals surface area (Å²) in [6.07, 6.45) is 6.20. The van der Waals surface area contributed by atoms with Crippen LogP contribution in [0.4, 0.5) is 0 Å². The standard InChI is InChI=1S/C39H51N3O6S/c1-39(2,3)41-37(44)35-22-21-29-9-7-8-12-34(29)42(35)25-32-23-36(30-17-15-28(26-43)16-18-30)48-38(47-32)31-19-13-27(14-20-31)24-40-49(45,46)33-10-5-4-6-11-33/h4-6,10-11,13-20,29,32,34-36,38,40,43H,7-9,12,21-26H2,1-3H3,(H,41,44). The highest BCUT2D eigenvalue weighted by atomic mass is 32.2. The average molecular weight is 690 g/mol. The minimum atomic E-state index is -3.63. The van der Waals surface area contributed by atoms with Crippen molar-refractivity contribution in [3.05, 3.63) is 101 Å². The molecule has 3 aromatic carbocycles. The lowest BCUT2D eigenvalue weighted by molar-refractivity contribution is -0.255. The third-order valence-corrected chi connectivity index (χ3v) is 11.5. The Bertz CT molecular complexity index is 1640. The van der Waals surface area contributed by atoms with Crippen molar-refractivity contribution in [2.24, 2.45) is 5.92 Å². The number of aliphatic hydroxyl groups excluding tert-OH is 1. The molecule has 264 valence electrons. The molecule has 9 nitrogen and oxygen atoms in total. The molecule has 10 heteroatoms. The van der Waals surface area contributed by atoms with E-state index >= 15 is 0 Å². The summed E-state index contributed by atoms with van der Waals surface area (Å²) in [4.78, 5) is 16.4. The Morgan fingerprint density at radius 1 is 0.857 bits per heavy atom. The molecule has 2 heterocycles. The third-order valence-electron chi connectivity index (χ3n) is 10.1. The fourth-order valence-corrected chi connectivity index (χ4v) is 8.69. The summed E-state index contributed by atoms with van der Waals surface area (Å²) in [6, 6.07) is 24.0. The zero-order chi connectivity index (χ0) is 34.6. The van der Waals surface area contributed by atoms with Crippen molar-refractivity contribution in [3.8, 4) is 0 Å². The maximum Gasteiger partial charge on any atom is 0.240 e. The summed E-state index contributed by atoms with van der Waals surface area (Å²) in [5, 5.41) is 12.9. The first-order valence-electron chi connectivity index (χ1n) is 17.7. The lowest BCUT2D eigenvalue weighted by Crippen LogP contribution is -2.61. The van der Waals surface area contributed by atoms with Crippen LogP contribution in [0.3, 0.4) is 0 Å². The average Bonchev–Trinajstić information content (AvgIpc) is 3.10. The van der Waals surface area contributed by atoms with Gasteiger partial charge in [0.2, 0.25) is 15.9 Å². The number of amides is 1. The Kier molecular flexibility index (Phi) is 11.2. The van der Waals surface area contributed by atoms with Crippen LogP contribution in [0.1, 0.15) is 100 Å². The zero-order valence-corrected chi connectivity index (χ0v) is 29.7. The molecule has 3 aliphatic rings. The number of carbonyl (C=O) groups is 1. The van der Waals surface area contributed by atoms with Crippen molar-refractivity contribution in [2.75, 3.05) is 6.54 Å². The number of nitrogens with zero attached hydrogens (tertiary/aromatic N) is 1. The minimum Gasteiger partial charge on any atom is -0.392 e. The largest absolute Gasteiger partial charge is 0.392 e. The van der Waals surface area contributed by atoms with Crippen LogP contribution in [0.5, 0.6) is 0 Å². The fourth-order valence-electron chi connectivity index (χ4n) is 7.65. The van der Waals surface area contributed by atoms with Crippen LogP contribution in [-0.2, 0) is 37.4 Å². The van der Waals surface area contributed by atoms with E-state index in [1.807, 2.05) is 69.3 Å². The Morgan fingerprint density at radius 2 is 1.53 bits per heavy atom. The number of aliphatic hydroxyl groups is 1. The van der Waals surface area contributed by atoms with Gasteiger partial charge < -0.3 is 19.9 Å². The summed E-state index contributed by atoms with van der Waals surface area (Å²) in [5.41, 5.74) is 3.19. The molecule has 49 heavy (non-hydrogen) atoms. The fraction of sp³-hybridized carbons (Fsp3) is 0.513. The van der Waals surface area contributed by atoms with Crippen LogP contribution in [0.2, 0.25) is 0 Å². The van der Waals surface area contributed by atoms with Crippen LogP contribution in [0.15, 0.2) is 83.8 Å². The zero-order valence-electron chi connectivity index (χ0n) is 28.9. The van der Waals surface area contributed by atoms with Gasteiger partial charge in [-0.1, -0.05) is 79.6 Å². The van der Waals surface area contributed by atoms with E-state index in [0.29, 0.717) is 24.9 Å². The van der Waals surface area contributed by atoms with Crippen LogP contribution < -0.4 is 10.0 Å². The van der Waals surface area contributed by atoms with Crippen LogP contribution in [-0.4, -0.2) is 54.6 Å². The maximum absolute atomic E-state index is 13.7. The maximum atomic E-state index is 13.7. The lowest BCUT2D eigenvalue weighted by Gasteiger charge is -2.50. The van der Waals surface area contributed by atoms with E-state index in [2.05, 4.69) is 14.9 Å². The number of rotatable bonds is 10. The smallest absolute Gasteiger partial charge is 0.240 e. The summed E-state index contributed by atoms with van der Waals surface area (Å²) in [6.45, 7) is 6.86. The highest BCUT2D eigenvalue weighted by Crippen LogP contribution is 2.42. The highest BCUT2D eigenvalue weighted by Gasteiger charge is 2.44. The topological polar surface area (TPSA) is 117 Å². The van der Waals surface area contributed by atoms with Gasteiger partial charge in [-0.3, -0.25) is 9.69 Å². The number of fused-ring (bicyclic) bond motifs is 1. The normalized spacial score (nSPS) is 26.5. The number of likely N-dealkylation sites (tertiary alicyclic amines) is 1. The second-order valence-electron chi connectivity index (χ2n) is 14.9. The molecule has 6 rings (SSSR count). The molecule has 6 atom stereocenters. The first-order valence-corrected chi connectivity index (χ1v) is 19.2. The number of hydrogen-bond donors (Lipinski definition) is 3. The highest BCUT2D eigenvalue weighted by molar-refractivity contribution is 7.89. The molecule has 2 aliphatic heterocycles. The summed E-state index contributed by atoms with van der Waals surface area (Å²) < 4.78 is 41.6. The van der Waals surface area contributed by atoms with E-state index in [9.17, 15) is 18.3 Å². The second kappa shape index (κ2) is 15.4. The number of ether oxygens (including phenoxy) is 2. The number of sulfonamides is 1.